The minimum Gasteiger partial charge on any atom is -0.367 e. The third-order valence-electron chi connectivity index (χ3n) is 2.13. The molecule has 2 rings (SSSR count). The third-order valence-corrected chi connectivity index (χ3v) is 2.13. The van der Waals surface area contributed by atoms with Gasteiger partial charge in [-0.3, -0.25) is 0 Å². The fourth-order valence-electron chi connectivity index (χ4n) is 1.29. The first-order valence-electron chi connectivity index (χ1n) is 4.45. The van der Waals surface area contributed by atoms with Crippen molar-refractivity contribution in [3.8, 4) is 0 Å². The van der Waals surface area contributed by atoms with E-state index in [9.17, 15) is 0 Å². The zero-order valence-electron chi connectivity index (χ0n) is 7.59. The highest BCUT2D eigenvalue weighted by Crippen LogP contribution is 2.25. The van der Waals surface area contributed by atoms with Gasteiger partial charge in [-0.15, -0.1) is 0 Å². The van der Waals surface area contributed by atoms with E-state index in [1.807, 2.05) is 6.20 Å². The first-order chi connectivity index (χ1) is 5.75. The van der Waals surface area contributed by atoms with Gasteiger partial charge in [-0.25, -0.2) is 4.98 Å². The lowest BCUT2D eigenvalue weighted by atomic mass is 10.2. The molecule has 12 heavy (non-hydrogen) atoms. The minimum atomic E-state index is 0.693. The average molecular weight is 162 g/mol. The Bertz CT molecular complexity index is 290. The van der Waals surface area contributed by atoms with Crippen molar-refractivity contribution in [3.05, 3.63) is 23.4 Å². The highest BCUT2D eigenvalue weighted by molar-refractivity contribution is 5.45. The standard InChI is InChI=1S/C10H14N2/c1-7-5-8(2)10(11-6-7)12-9-3-4-9/h5-6,9H,3-4H2,1-2H3,(H,11,12). The second-order valence-corrected chi connectivity index (χ2v) is 3.60. The van der Waals surface area contributed by atoms with Crippen LogP contribution in [-0.2, 0) is 0 Å². The molecular weight excluding hydrogens is 148 g/mol. The second-order valence-electron chi connectivity index (χ2n) is 3.60. The second kappa shape index (κ2) is 2.77. The van der Waals surface area contributed by atoms with Crippen LogP contribution in [0.25, 0.3) is 0 Å². The van der Waals surface area contributed by atoms with Crippen LogP contribution in [0.2, 0.25) is 0 Å². The van der Waals surface area contributed by atoms with Crippen molar-refractivity contribution in [1.82, 2.24) is 4.98 Å². The largest absolute Gasteiger partial charge is 0.367 e. The number of aromatic nitrogens is 1. The van der Waals surface area contributed by atoms with Gasteiger partial charge in [-0.05, 0) is 37.8 Å². The normalized spacial score (nSPS) is 16.2. The van der Waals surface area contributed by atoms with E-state index in [1.54, 1.807) is 0 Å². The zero-order chi connectivity index (χ0) is 8.55. The van der Waals surface area contributed by atoms with Crippen LogP contribution in [0.1, 0.15) is 24.0 Å². The van der Waals surface area contributed by atoms with E-state index < -0.39 is 0 Å². The molecule has 1 N–H and O–H groups in total. The molecule has 0 aromatic carbocycles. The maximum Gasteiger partial charge on any atom is 0.129 e. The summed E-state index contributed by atoms with van der Waals surface area (Å²) in [5.74, 6) is 1.06. The number of nitrogens with zero attached hydrogens (tertiary/aromatic N) is 1. The van der Waals surface area contributed by atoms with Gasteiger partial charge in [-0.1, -0.05) is 6.07 Å². The van der Waals surface area contributed by atoms with Gasteiger partial charge >= 0.3 is 0 Å². The lowest BCUT2D eigenvalue weighted by molar-refractivity contribution is 1.09. The molecule has 0 radical (unpaired) electrons. The first kappa shape index (κ1) is 7.59. The van der Waals surface area contributed by atoms with E-state index in [0.717, 1.165) is 5.82 Å². The van der Waals surface area contributed by atoms with Gasteiger partial charge in [0.25, 0.3) is 0 Å². The monoisotopic (exact) mass is 162 g/mol. The number of aryl methyl sites for hydroxylation is 2. The van der Waals surface area contributed by atoms with Gasteiger partial charge in [0.05, 0.1) is 0 Å². The topological polar surface area (TPSA) is 24.9 Å². The fourth-order valence-corrected chi connectivity index (χ4v) is 1.29. The summed E-state index contributed by atoms with van der Waals surface area (Å²) in [7, 11) is 0. The Balaban J connectivity index is 2.18. The maximum absolute atomic E-state index is 4.35. The predicted octanol–water partition coefficient (Wildman–Crippen LogP) is 2.27. The van der Waals surface area contributed by atoms with Crippen molar-refractivity contribution in [3.63, 3.8) is 0 Å². The van der Waals surface area contributed by atoms with Crippen LogP contribution < -0.4 is 5.32 Å². The van der Waals surface area contributed by atoms with Crippen molar-refractivity contribution >= 4 is 5.82 Å². The molecule has 1 heterocycles. The predicted molar refractivity (Wildman–Crippen MR) is 50.4 cm³/mol. The van der Waals surface area contributed by atoms with Crippen LogP contribution in [0.15, 0.2) is 12.3 Å². The maximum atomic E-state index is 4.35. The Hall–Kier alpha value is -1.05. The van der Waals surface area contributed by atoms with E-state index >= 15 is 0 Å². The summed E-state index contributed by atoms with van der Waals surface area (Å²) in [6.45, 7) is 4.17. The molecule has 2 nitrogen and oxygen atoms in total. The zero-order valence-corrected chi connectivity index (χ0v) is 7.59. The molecule has 0 atom stereocenters. The average Bonchev–Trinajstić information content (AvgIpc) is 2.79. The molecule has 1 saturated carbocycles. The van der Waals surface area contributed by atoms with Gasteiger partial charge in [0.2, 0.25) is 0 Å². The summed E-state index contributed by atoms with van der Waals surface area (Å²) >= 11 is 0. The van der Waals surface area contributed by atoms with E-state index in [-0.39, 0.29) is 0 Å². The number of rotatable bonds is 2. The number of nitrogens with one attached hydrogen (secondary N) is 1. The van der Waals surface area contributed by atoms with Crippen LogP contribution in [0.5, 0.6) is 0 Å². The molecule has 0 bridgehead atoms. The van der Waals surface area contributed by atoms with Crippen molar-refractivity contribution in [1.29, 1.82) is 0 Å². The van der Waals surface area contributed by atoms with E-state index in [4.69, 9.17) is 0 Å². The highest BCUT2D eigenvalue weighted by atomic mass is 15.0. The Morgan fingerprint density at radius 2 is 2.17 bits per heavy atom. The number of anilines is 1. The van der Waals surface area contributed by atoms with E-state index in [1.165, 1.54) is 24.0 Å². The summed E-state index contributed by atoms with van der Waals surface area (Å²) in [4.78, 5) is 4.35. The summed E-state index contributed by atoms with van der Waals surface area (Å²) < 4.78 is 0. The summed E-state index contributed by atoms with van der Waals surface area (Å²) in [6.07, 6.45) is 4.52. The lowest BCUT2D eigenvalue weighted by Crippen LogP contribution is -2.04. The van der Waals surface area contributed by atoms with Gasteiger partial charge in [0.1, 0.15) is 5.82 Å². The molecule has 0 amide bonds. The van der Waals surface area contributed by atoms with Crippen LogP contribution in [0, 0.1) is 13.8 Å². The Morgan fingerprint density at radius 3 is 2.75 bits per heavy atom. The first-order valence-corrected chi connectivity index (χ1v) is 4.45. The molecule has 2 heteroatoms. The molecule has 1 aliphatic carbocycles. The van der Waals surface area contributed by atoms with E-state index in [2.05, 4.69) is 30.2 Å². The number of hydrogen-bond acceptors (Lipinski definition) is 2. The Kier molecular flexibility index (Phi) is 1.75. The van der Waals surface area contributed by atoms with Crippen LogP contribution in [-0.4, -0.2) is 11.0 Å². The summed E-state index contributed by atoms with van der Waals surface area (Å²) in [5, 5.41) is 3.40. The fraction of sp³-hybridized carbons (Fsp3) is 0.500. The summed E-state index contributed by atoms with van der Waals surface area (Å²) in [6, 6.07) is 2.86. The lowest BCUT2D eigenvalue weighted by Gasteiger charge is -2.06. The van der Waals surface area contributed by atoms with Crippen molar-refractivity contribution < 1.29 is 0 Å². The Labute approximate surface area is 73.0 Å². The van der Waals surface area contributed by atoms with Crippen LogP contribution >= 0.6 is 0 Å². The molecule has 0 aliphatic heterocycles. The summed E-state index contributed by atoms with van der Waals surface area (Å²) in [5.41, 5.74) is 2.48. The SMILES string of the molecule is Cc1cnc(NC2CC2)c(C)c1. The molecular formula is C10H14N2. The Morgan fingerprint density at radius 1 is 1.42 bits per heavy atom. The molecule has 1 fully saturated rings. The molecule has 1 aliphatic rings. The van der Waals surface area contributed by atoms with Gasteiger partial charge in [0.15, 0.2) is 0 Å². The van der Waals surface area contributed by atoms with Crippen LogP contribution in [0.3, 0.4) is 0 Å². The van der Waals surface area contributed by atoms with Gasteiger partial charge in [-0.2, -0.15) is 0 Å². The highest BCUT2D eigenvalue weighted by Gasteiger charge is 2.21. The van der Waals surface area contributed by atoms with Gasteiger partial charge < -0.3 is 5.32 Å². The van der Waals surface area contributed by atoms with Crippen molar-refractivity contribution in [2.45, 2.75) is 32.7 Å². The molecule has 0 saturated heterocycles. The molecule has 1 aromatic heterocycles. The van der Waals surface area contributed by atoms with E-state index in [0.29, 0.717) is 6.04 Å². The number of pyridine rings is 1. The van der Waals surface area contributed by atoms with Crippen molar-refractivity contribution in [2.75, 3.05) is 5.32 Å². The van der Waals surface area contributed by atoms with Crippen LogP contribution in [0.4, 0.5) is 5.82 Å². The van der Waals surface area contributed by atoms with Gasteiger partial charge in [0, 0.05) is 12.2 Å². The molecule has 0 unspecified atom stereocenters. The molecule has 1 aromatic rings. The van der Waals surface area contributed by atoms with Crippen molar-refractivity contribution in [2.24, 2.45) is 0 Å². The number of hydrogen-bond donors (Lipinski definition) is 1. The minimum absolute atomic E-state index is 0.693. The smallest absolute Gasteiger partial charge is 0.129 e. The quantitative estimate of drug-likeness (QED) is 0.721. The molecule has 0 spiro atoms. The molecule has 64 valence electrons. The third kappa shape index (κ3) is 1.58.